The second-order valence-electron chi connectivity index (χ2n) is 2.64. The zero-order chi connectivity index (χ0) is 11.8. The van der Waals surface area contributed by atoms with Gasteiger partial charge in [0.2, 0.25) is 0 Å². The number of hydrogen-bond donors (Lipinski definition) is 1. The van der Waals surface area contributed by atoms with Crippen molar-refractivity contribution in [3.05, 3.63) is 27.0 Å². The van der Waals surface area contributed by atoms with Gasteiger partial charge in [0.25, 0.3) is 0 Å². The van der Waals surface area contributed by atoms with Crippen molar-refractivity contribution >= 4 is 47.2 Å². The zero-order valence-corrected chi connectivity index (χ0v) is 10.4. The Morgan fingerprint density at radius 1 is 1.25 bits per heavy atom. The molecule has 1 aromatic heterocycles. The molecule has 16 heavy (non-hydrogen) atoms. The van der Waals surface area contributed by atoms with E-state index < -0.39 is 17.8 Å². The number of hydrogen-bond acceptors (Lipinski definition) is 2. The van der Waals surface area contributed by atoms with E-state index in [1.165, 1.54) is 0 Å². The predicted octanol–water partition coefficient (Wildman–Crippen LogP) is 4.03. The third-order valence-corrected chi connectivity index (χ3v) is 2.70. The summed E-state index contributed by atoms with van der Waals surface area (Å²) in [6.07, 6.45) is -3.67. The molecular weight excluding hydrogens is 311 g/mol. The van der Waals surface area contributed by atoms with Crippen LogP contribution in [0, 0.1) is 0 Å². The van der Waals surface area contributed by atoms with Gasteiger partial charge in [-0.2, -0.15) is 13.2 Å². The van der Waals surface area contributed by atoms with E-state index in [0.29, 0.717) is 0 Å². The van der Waals surface area contributed by atoms with Crippen molar-refractivity contribution in [1.82, 2.24) is 4.98 Å². The number of nitrogens with two attached hydrogens (primary N) is 1. The van der Waals surface area contributed by atoms with Gasteiger partial charge >= 0.3 is 6.18 Å². The normalized spacial score (nSPS) is 13.2. The monoisotopic (exact) mass is 314 g/mol. The first-order chi connectivity index (χ1) is 6.75. The van der Waals surface area contributed by atoms with Crippen molar-refractivity contribution in [3.63, 3.8) is 0 Å². The molecule has 0 fully saturated rings. The first-order valence-electron chi connectivity index (χ1n) is 3.57. The Morgan fingerprint density at radius 3 is 2.19 bits per heavy atom. The predicted molar refractivity (Wildman–Crippen MR) is 59.5 cm³/mol. The molecule has 0 aromatic carbocycles. The molecule has 0 bridgehead atoms. The smallest absolute Gasteiger partial charge is 0.316 e. The van der Waals surface area contributed by atoms with Gasteiger partial charge in [0, 0.05) is 11.8 Å². The highest BCUT2D eigenvalue weighted by molar-refractivity contribution is 6.43. The molecule has 0 radical (unpaired) electrons. The average Bonchev–Trinajstić information content (AvgIpc) is 2.10. The van der Waals surface area contributed by atoms with Crippen molar-refractivity contribution in [3.8, 4) is 0 Å². The molecule has 92 valence electrons. The van der Waals surface area contributed by atoms with Crippen LogP contribution in [0.4, 0.5) is 13.2 Å². The molecule has 0 aliphatic rings. The van der Waals surface area contributed by atoms with Gasteiger partial charge < -0.3 is 5.73 Å². The standard InChI is InChI=1S/C7H4Cl3F3N2.ClH/c8-2-1-15-6(10)4(9)3(2)5(14)7(11,12)13;/h1,5H,14H2;1H/t5-;/m0./s1. The highest BCUT2D eigenvalue weighted by atomic mass is 35.5. The lowest BCUT2D eigenvalue weighted by Gasteiger charge is -2.18. The molecule has 0 saturated carbocycles. The summed E-state index contributed by atoms with van der Waals surface area (Å²) in [6, 6.07) is -2.28. The van der Waals surface area contributed by atoms with Gasteiger partial charge in [-0.1, -0.05) is 34.8 Å². The van der Waals surface area contributed by atoms with E-state index >= 15 is 0 Å². The molecule has 1 rings (SSSR count). The fourth-order valence-corrected chi connectivity index (χ4v) is 1.63. The van der Waals surface area contributed by atoms with Crippen LogP contribution in [0.2, 0.25) is 15.2 Å². The van der Waals surface area contributed by atoms with Gasteiger partial charge in [-0.05, 0) is 0 Å². The summed E-state index contributed by atoms with van der Waals surface area (Å²) < 4.78 is 37.0. The minimum atomic E-state index is -4.64. The molecule has 1 heterocycles. The average molecular weight is 316 g/mol. The van der Waals surface area contributed by atoms with Crippen molar-refractivity contribution in [2.24, 2.45) is 5.73 Å². The number of nitrogens with zero attached hydrogens (tertiary/aromatic N) is 1. The van der Waals surface area contributed by atoms with E-state index in [1.54, 1.807) is 0 Å². The maximum atomic E-state index is 12.3. The second-order valence-corrected chi connectivity index (χ2v) is 3.79. The van der Waals surface area contributed by atoms with Crippen LogP contribution in [0.25, 0.3) is 0 Å². The quantitative estimate of drug-likeness (QED) is 0.795. The molecule has 2 nitrogen and oxygen atoms in total. The number of pyridine rings is 1. The fraction of sp³-hybridized carbons (Fsp3) is 0.286. The Bertz CT molecular complexity index is 383. The summed E-state index contributed by atoms with van der Waals surface area (Å²) in [5, 5.41) is -0.918. The second kappa shape index (κ2) is 5.60. The van der Waals surface area contributed by atoms with Crippen LogP contribution in [0.5, 0.6) is 0 Å². The summed E-state index contributed by atoms with van der Waals surface area (Å²) in [6.45, 7) is 0. The van der Waals surface area contributed by atoms with Gasteiger partial charge in [0.05, 0.1) is 10.0 Å². The van der Waals surface area contributed by atoms with Crippen molar-refractivity contribution in [2.45, 2.75) is 12.2 Å². The molecule has 0 amide bonds. The highest BCUT2D eigenvalue weighted by Crippen LogP contribution is 2.39. The molecule has 1 aromatic rings. The Balaban J connectivity index is 0.00000225. The number of rotatable bonds is 1. The lowest BCUT2D eigenvalue weighted by molar-refractivity contribution is -0.149. The lowest BCUT2D eigenvalue weighted by Crippen LogP contribution is -2.29. The van der Waals surface area contributed by atoms with E-state index in [9.17, 15) is 13.2 Å². The molecular formula is C7H5Cl4F3N2. The Kier molecular flexibility index (Phi) is 5.62. The summed E-state index contributed by atoms with van der Waals surface area (Å²) in [4.78, 5) is 3.48. The molecule has 9 heteroatoms. The van der Waals surface area contributed by atoms with Crippen LogP contribution in [0.3, 0.4) is 0 Å². The number of aromatic nitrogens is 1. The van der Waals surface area contributed by atoms with Gasteiger partial charge in [0.1, 0.15) is 11.2 Å². The lowest BCUT2D eigenvalue weighted by atomic mass is 10.1. The molecule has 2 N–H and O–H groups in total. The van der Waals surface area contributed by atoms with Gasteiger partial charge in [0.15, 0.2) is 0 Å². The van der Waals surface area contributed by atoms with Crippen LogP contribution in [-0.2, 0) is 0 Å². The minimum Gasteiger partial charge on any atom is -0.316 e. The van der Waals surface area contributed by atoms with E-state index in [0.717, 1.165) is 6.20 Å². The minimum absolute atomic E-state index is 0. The van der Waals surface area contributed by atoms with Crippen LogP contribution >= 0.6 is 47.2 Å². The third-order valence-electron chi connectivity index (χ3n) is 1.63. The SMILES string of the molecule is Cl.N[C@@H](c1c(Cl)cnc(Cl)c1Cl)C(F)(F)F. The maximum Gasteiger partial charge on any atom is 0.407 e. The van der Waals surface area contributed by atoms with E-state index in [4.69, 9.17) is 40.5 Å². The molecule has 0 saturated heterocycles. The maximum absolute atomic E-state index is 12.3. The first-order valence-corrected chi connectivity index (χ1v) is 4.70. The van der Waals surface area contributed by atoms with Crippen LogP contribution in [-0.4, -0.2) is 11.2 Å². The van der Waals surface area contributed by atoms with E-state index in [-0.39, 0.29) is 27.6 Å². The molecule has 0 aliphatic carbocycles. The Hall–Kier alpha value is 0.0600. The molecule has 0 unspecified atom stereocenters. The van der Waals surface area contributed by atoms with Gasteiger partial charge in [-0.15, -0.1) is 12.4 Å². The summed E-state index contributed by atoms with van der Waals surface area (Å²) in [5.74, 6) is 0. The Labute approximate surface area is 110 Å². The van der Waals surface area contributed by atoms with Crippen LogP contribution in [0.1, 0.15) is 11.6 Å². The van der Waals surface area contributed by atoms with Crippen molar-refractivity contribution < 1.29 is 13.2 Å². The van der Waals surface area contributed by atoms with Crippen LogP contribution in [0.15, 0.2) is 6.20 Å². The summed E-state index contributed by atoms with van der Waals surface area (Å²) in [5.41, 5.74) is 4.50. The van der Waals surface area contributed by atoms with Crippen LogP contribution < -0.4 is 5.73 Å². The Morgan fingerprint density at radius 2 is 1.75 bits per heavy atom. The zero-order valence-electron chi connectivity index (χ0n) is 7.36. The van der Waals surface area contributed by atoms with Gasteiger partial charge in [-0.3, -0.25) is 0 Å². The molecule has 0 aliphatic heterocycles. The number of alkyl halides is 3. The summed E-state index contributed by atoms with van der Waals surface area (Å²) >= 11 is 16.5. The fourth-order valence-electron chi connectivity index (χ4n) is 0.904. The van der Waals surface area contributed by atoms with Gasteiger partial charge in [-0.25, -0.2) is 4.98 Å². The van der Waals surface area contributed by atoms with E-state index in [1.807, 2.05) is 0 Å². The van der Waals surface area contributed by atoms with E-state index in [2.05, 4.69) is 4.98 Å². The van der Waals surface area contributed by atoms with Crippen molar-refractivity contribution in [1.29, 1.82) is 0 Å². The summed E-state index contributed by atoms with van der Waals surface area (Å²) in [7, 11) is 0. The highest BCUT2D eigenvalue weighted by Gasteiger charge is 2.40. The van der Waals surface area contributed by atoms with Crippen molar-refractivity contribution in [2.75, 3.05) is 0 Å². The molecule has 0 spiro atoms. The largest absolute Gasteiger partial charge is 0.407 e. The third kappa shape index (κ3) is 3.28. The first kappa shape index (κ1) is 16.1. The molecule has 1 atom stereocenters. The number of halogens is 7. The topological polar surface area (TPSA) is 38.9 Å².